The first-order valence-corrected chi connectivity index (χ1v) is 24.4. The molecular formula is C50H61ClN6O16. The Hall–Kier alpha value is -6.78. The molecule has 1 unspecified atom stereocenters. The van der Waals surface area contributed by atoms with Crippen LogP contribution in [0.25, 0.3) is 0 Å². The lowest BCUT2D eigenvalue weighted by Crippen LogP contribution is -2.69. The number of Topliss-reactive ketones (excluding diaryl/α,β-unsaturated/α-hetero) is 1. The van der Waals surface area contributed by atoms with Crippen molar-refractivity contribution >= 4 is 82.3 Å². The van der Waals surface area contributed by atoms with Gasteiger partial charge in [0.1, 0.15) is 32.5 Å². The van der Waals surface area contributed by atoms with E-state index in [0.29, 0.717) is 30.5 Å². The number of benzene rings is 1. The van der Waals surface area contributed by atoms with Gasteiger partial charge in [-0.05, 0) is 73.8 Å². The zero-order valence-corrected chi connectivity index (χ0v) is 41.7. The number of imide groups is 1. The van der Waals surface area contributed by atoms with Crippen LogP contribution in [0.1, 0.15) is 84.6 Å². The van der Waals surface area contributed by atoms with Gasteiger partial charge in [-0.1, -0.05) is 51.5 Å². The summed E-state index contributed by atoms with van der Waals surface area (Å²) in [4.78, 5) is 137. The van der Waals surface area contributed by atoms with E-state index < -0.39 is 131 Å². The number of hydrogen-bond donors (Lipinski definition) is 7. The summed E-state index contributed by atoms with van der Waals surface area (Å²) in [7, 11) is 0. The smallest absolute Gasteiger partial charge is 0.407 e. The predicted octanol–water partition coefficient (Wildman–Crippen LogP) is 1.87. The van der Waals surface area contributed by atoms with Crippen LogP contribution in [-0.4, -0.2) is 136 Å². The van der Waals surface area contributed by atoms with Crippen molar-refractivity contribution in [2.45, 2.75) is 108 Å². The van der Waals surface area contributed by atoms with E-state index >= 15 is 0 Å². The van der Waals surface area contributed by atoms with Crippen LogP contribution in [0.15, 0.2) is 60.2 Å². The quantitative estimate of drug-likeness (QED) is 0.0287. The van der Waals surface area contributed by atoms with Crippen molar-refractivity contribution in [1.29, 1.82) is 0 Å². The Bertz CT molecular complexity index is 2500. The number of carboxylic acids is 1. The van der Waals surface area contributed by atoms with E-state index in [4.69, 9.17) is 30.9 Å². The second-order valence-corrected chi connectivity index (χ2v) is 20.0. The summed E-state index contributed by atoms with van der Waals surface area (Å²) in [5.74, 6) is -7.64. The molecule has 23 heteroatoms. The van der Waals surface area contributed by atoms with Crippen LogP contribution in [0.3, 0.4) is 0 Å². The summed E-state index contributed by atoms with van der Waals surface area (Å²) in [6.45, 7) is 4.72. The third-order valence-corrected chi connectivity index (χ3v) is 15.9. The average Bonchev–Trinajstić information content (AvgIpc) is 3.78. The molecule has 394 valence electrons. The summed E-state index contributed by atoms with van der Waals surface area (Å²) in [5.41, 5.74) is -1.91. The maximum atomic E-state index is 14.4. The molecule has 3 fully saturated rings. The third-order valence-electron chi connectivity index (χ3n) is 14.9. The van der Waals surface area contributed by atoms with Gasteiger partial charge < -0.3 is 51.0 Å². The Morgan fingerprint density at radius 3 is 2.25 bits per heavy atom. The lowest BCUT2D eigenvalue weighted by atomic mass is 9.45. The summed E-state index contributed by atoms with van der Waals surface area (Å²) in [6, 6.07) is 4.72. The molecule has 0 bridgehead atoms. The Labute approximate surface area is 425 Å². The molecule has 1 aromatic rings. The topological polar surface area (TPSA) is 319 Å². The zero-order chi connectivity index (χ0) is 53.5. The number of rotatable bonds is 22. The van der Waals surface area contributed by atoms with E-state index in [1.54, 1.807) is 19.1 Å². The predicted molar refractivity (Wildman–Crippen MR) is 256 cm³/mol. The number of aliphatic hydroxyl groups excluding tert-OH is 1. The number of carbonyl (C=O) groups excluding carboxylic acids is 10. The number of ketones is 2. The number of anilines is 1. The van der Waals surface area contributed by atoms with E-state index in [0.717, 1.165) is 22.6 Å². The Morgan fingerprint density at radius 1 is 0.890 bits per heavy atom. The highest BCUT2D eigenvalue weighted by molar-refractivity contribution is 6.26. The number of nitrogens with zero attached hydrogens (tertiary/aromatic N) is 1. The molecule has 9 atom stereocenters. The van der Waals surface area contributed by atoms with Crippen LogP contribution in [-0.2, 0) is 68.8 Å². The standard InChI is InChI=1S/C50H61ClN6O16/c1-5-44(68)73-50(28(2)20-34-33-11-8-30-21-32(58)16-18-47(30,3)49(33,51)36(59)22-48(34,50)4)37(60)26-71-27-54-39(62)23-53-46(70)72-25-29-6-9-31(10-7-29)55-40(63)24-52-45(69)35(12-15-43(66)67)56-38(61)17-19-57-41(64)13-14-42(57)65/h6-7,9-10,13-14,16,18,21,28,33-36,59H,5,8,11-12,15,17,19-20,22-27H2,1-4H3,(H,52,69)(H,53,70)(H,54,62)(H,55,63)(H,56,61)(H,66,67)/t28-,33-,34?,35-,36-,47-,48-,49-,50-/m0/s1. The number of hydrogen-bond acceptors (Lipinski definition) is 15. The molecule has 7 N–H and O–H groups in total. The van der Waals surface area contributed by atoms with E-state index in [9.17, 15) is 57.8 Å². The van der Waals surface area contributed by atoms with Gasteiger partial charge in [0, 0.05) is 60.4 Å². The van der Waals surface area contributed by atoms with Gasteiger partial charge in [-0.2, -0.15) is 0 Å². The first-order chi connectivity index (χ1) is 34.5. The van der Waals surface area contributed by atoms with E-state index in [1.165, 1.54) is 30.3 Å². The minimum atomic E-state index is -1.69. The van der Waals surface area contributed by atoms with Crippen LogP contribution in [0, 0.1) is 28.6 Å². The molecule has 73 heavy (non-hydrogen) atoms. The minimum Gasteiger partial charge on any atom is -0.481 e. The number of aliphatic carboxylic acids is 1. The fourth-order valence-electron chi connectivity index (χ4n) is 11.3. The maximum Gasteiger partial charge on any atom is 0.407 e. The maximum absolute atomic E-state index is 14.4. The highest BCUT2D eigenvalue weighted by Crippen LogP contribution is 2.72. The van der Waals surface area contributed by atoms with Gasteiger partial charge in [0.25, 0.3) is 11.8 Å². The molecule has 5 aliphatic rings. The van der Waals surface area contributed by atoms with Gasteiger partial charge >= 0.3 is 18.0 Å². The normalized spacial score (nSPS) is 28.1. The molecule has 7 amide bonds. The summed E-state index contributed by atoms with van der Waals surface area (Å²) in [5, 5.41) is 33.2. The number of fused-ring (bicyclic) bond motifs is 5. The van der Waals surface area contributed by atoms with E-state index in [2.05, 4.69) is 26.6 Å². The van der Waals surface area contributed by atoms with Gasteiger partial charge in [0.2, 0.25) is 29.4 Å². The van der Waals surface area contributed by atoms with Crippen LogP contribution in [0.4, 0.5) is 10.5 Å². The molecule has 1 aliphatic heterocycles. The van der Waals surface area contributed by atoms with Gasteiger partial charge in [-0.25, -0.2) is 4.79 Å². The van der Waals surface area contributed by atoms with Crippen molar-refractivity contribution in [2.75, 3.05) is 38.3 Å². The number of amides is 7. The number of alkyl carbamates (subject to hydrolysis) is 1. The monoisotopic (exact) mass is 1040 g/mol. The van der Waals surface area contributed by atoms with Crippen molar-refractivity contribution in [3.63, 3.8) is 0 Å². The molecule has 22 nitrogen and oxygen atoms in total. The molecule has 6 rings (SSSR count). The summed E-state index contributed by atoms with van der Waals surface area (Å²) < 4.78 is 17.0. The fourth-order valence-corrected chi connectivity index (χ4v) is 11.8. The molecule has 0 aromatic heterocycles. The third kappa shape index (κ3) is 11.7. The fraction of sp³-hybridized carbons (Fsp3) is 0.540. The highest BCUT2D eigenvalue weighted by atomic mass is 35.5. The Morgan fingerprint density at radius 2 is 1.58 bits per heavy atom. The number of ether oxygens (including phenoxy) is 3. The highest BCUT2D eigenvalue weighted by Gasteiger charge is 2.76. The Kier molecular flexibility index (Phi) is 17.5. The Balaban J connectivity index is 0.919. The summed E-state index contributed by atoms with van der Waals surface area (Å²) in [6.07, 6.45) is 5.38. The van der Waals surface area contributed by atoms with Gasteiger partial charge in [0.15, 0.2) is 11.4 Å². The molecule has 0 saturated heterocycles. The summed E-state index contributed by atoms with van der Waals surface area (Å²) >= 11 is 7.58. The molecule has 0 radical (unpaired) electrons. The second kappa shape index (κ2) is 23.0. The van der Waals surface area contributed by atoms with Crippen LogP contribution >= 0.6 is 11.6 Å². The number of nitrogens with one attached hydrogen (secondary N) is 5. The number of alkyl halides is 1. The first kappa shape index (κ1) is 55.5. The van der Waals surface area contributed by atoms with Crippen molar-refractivity contribution in [1.82, 2.24) is 26.2 Å². The van der Waals surface area contributed by atoms with Crippen molar-refractivity contribution in [2.24, 2.45) is 28.6 Å². The SMILES string of the molecule is CCC(=O)O[C@]1(C(=O)COCNC(=O)CNC(=O)OCc2ccc(NC(=O)CNC(=O)[C@H](CCC(=O)O)NC(=O)CCN3C(=O)C=CC3=O)cc2)[C@@H](C)CC2[C@@H]3CCC4=CC(=O)C=C[C@]4(C)[C@@]3(Cl)[C@@H](O)C[C@@]21C. The van der Waals surface area contributed by atoms with Gasteiger partial charge in [-0.15, -0.1) is 11.6 Å². The average molecular weight is 1040 g/mol. The molecule has 0 spiro atoms. The second-order valence-electron chi connectivity index (χ2n) is 19.3. The molecule has 3 saturated carbocycles. The minimum absolute atomic E-state index is 0.00523. The number of carboxylic acid groups (broad SMARTS) is 1. The number of carbonyl (C=O) groups is 11. The van der Waals surface area contributed by atoms with Crippen LogP contribution < -0.4 is 26.6 Å². The number of halogens is 1. The van der Waals surface area contributed by atoms with Crippen molar-refractivity contribution in [3.8, 4) is 0 Å². The lowest BCUT2D eigenvalue weighted by molar-refractivity contribution is -0.203. The molecular weight excluding hydrogens is 976 g/mol. The largest absolute Gasteiger partial charge is 0.481 e. The van der Waals surface area contributed by atoms with Crippen LogP contribution in [0.5, 0.6) is 0 Å². The molecule has 1 heterocycles. The van der Waals surface area contributed by atoms with Gasteiger partial charge in [0.05, 0.1) is 17.5 Å². The number of esters is 1. The zero-order valence-electron chi connectivity index (χ0n) is 40.9. The van der Waals surface area contributed by atoms with Crippen molar-refractivity contribution in [3.05, 3.63) is 65.8 Å². The van der Waals surface area contributed by atoms with Crippen molar-refractivity contribution < 1.29 is 77.2 Å². The number of aliphatic hydroxyl groups is 1. The van der Waals surface area contributed by atoms with E-state index in [-0.39, 0.29) is 56.5 Å². The first-order valence-electron chi connectivity index (χ1n) is 24.0. The molecule has 1 aromatic carbocycles. The van der Waals surface area contributed by atoms with E-state index in [1.807, 2.05) is 20.8 Å². The van der Waals surface area contributed by atoms with Crippen LogP contribution in [0.2, 0.25) is 0 Å². The molecule has 4 aliphatic carbocycles. The lowest BCUT2D eigenvalue weighted by Gasteiger charge is -2.64. The van der Waals surface area contributed by atoms with Gasteiger partial charge in [-0.3, -0.25) is 52.8 Å². The number of allylic oxidation sites excluding steroid dienone is 4.